The molecule has 4 aromatic rings. The molecule has 0 unspecified atom stereocenters. The van der Waals surface area contributed by atoms with Crippen molar-refractivity contribution in [1.29, 1.82) is 0 Å². The number of thiazole rings is 1. The second-order valence-electron chi connectivity index (χ2n) is 7.16. The molecule has 0 atom stereocenters. The Balaban J connectivity index is 1.48. The van der Waals surface area contributed by atoms with Crippen LogP contribution in [0.15, 0.2) is 59.1 Å². The van der Waals surface area contributed by atoms with Gasteiger partial charge in [0.15, 0.2) is 5.13 Å². The molecule has 0 amide bonds. The van der Waals surface area contributed by atoms with E-state index in [9.17, 15) is 12.8 Å². The maximum Gasteiger partial charge on any atom is 0.266 e. The van der Waals surface area contributed by atoms with Crippen LogP contribution in [0.4, 0.5) is 15.3 Å². The van der Waals surface area contributed by atoms with Gasteiger partial charge in [0.2, 0.25) is 0 Å². The molecule has 0 bridgehead atoms. The van der Waals surface area contributed by atoms with Crippen LogP contribution < -0.4 is 14.8 Å². The molecule has 0 radical (unpaired) electrons. The first-order chi connectivity index (χ1) is 15.9. The summed E-state index contributed by atoms with van der Waals surface area (Å²) in [6, 6.07) is 9.21. The van der Waals surface area contributed by atoms with Gasteiger partial charge in [0, 0.05) is 41.9 Å². The minimum absolute atomic E-state index is 0.0104. The van der Waals surface area contributed by atoms with Crippen LogP contribution in [-0.2, 0) is 16.6 Å². The first-order valence-electron chi connectivity index (χ1n) is 9.91. The van der Waals surface area contributed by atoms with E-state index < -0.39 is 20.7 Å². The molecule has 2 aromatic carbocycles. The van der Waals surface area contributed by atoms with Crippen molar-refractivity contribution in [2.45, 2.75) is 17.9 Å². The summed E-state index contributed by atoms with van der Waals surface area (Å²) < 4.78 is 50.1. The maximum atomic E-state index is 14.9. The number of aryl methyl sites for hydroxylation is 1. The number of fused-ring (bicyclic) bond motifs is 1. The number of nitrogens with one attached hydrogen (secondary N) is 2. The highest BCUT2D eigenvalue weighted by Gasteiger charge is 2.24. The van der Waals surface area contributed by atoms with Gasteiger partial charge in [0.1, 0.15) is 28.0 Å². The zero-order valence-corrected chi connectivity index (χ0v) is 19.3. The maximum absolute atomic E-state index is 14.9. The molecule has 5 rings (SSSR count). The molecule has 12 heteroatoms. The molecular weight excluding hydrogens is 489 g/mol. The quantitative estimate of drug-likeness (QED) is 0.373. The average Bonchev–Trinajstić information content (AvgIpc) is 3.46. The highest BCUT2D eigenvalue weighted by Crippen LogP contribution is 2.40. The van der Waals surface area contributed by atoms with Crippen molar-refractivity contribution in [2.75, 3.05) is 16.6 Å². The molecular formula is C21H17ClFN5O3S2. The molecule has 170 valence electrons. The van der Waals surface area contributed by atoms with Gasteiger partial charge >= 0.3 is 0 Å². The minimum atomic E-state index is -4.22. The van der Waals surface area contributed by atoms with Crippen molar-refractivity contribution in [3.05, 3.63) is 65.0 Å². The van der Waals surface area contributed by atoms with Crippen LogP contribution in [0.3, 0.4) is 0 Å². The largest absolute Gasteiger partial charge is 0.455 e. The summed E-state index contributed by atoms with van der Waals surface area (Å²) in [5.74, 6) is 0.298. The van der Waals surface area contributed by atoms with E-state index in [1.807, 2.05) is 16.8 Å². The number of sulfonamides is 1. The Morgan fingerprint density at radius 2 is 2.06 bits per heavy atom. The fraction of sp³-hybridized carbons (Fsp3) is 0.143. The fourth-order valence-corrected chi connectivity index (χ4v) is 5.65. The molecule has 1 aliphatic heterocycles. The Labute approximate surface area is 198 Å². The van der Waals surface area contributed by atoms with Crippen molar-refractivity contribution in [3.63, 3.8) is 0 Å². The molecule has 2 N–H and O–H groups in total. The van der Waals surface area contributed by atoms with Crippen molar-refractivity contribution < 1.29 is 17.5 Å². The molecule has 0 spiro atoms. The van der Waals surface area contributed by atoms with E-state index in [1.54, 1.807) is 23.7 Å². The van der Waals surface area contributed by atoms with Crippen LogP contribution in [0, 0.1) is 5.82 Å². The Morgan fingerprint density at radius 1 is 1.21 bits per heavy atom. The summed E-state index contributed by atoms with van der Waals surface area (Å²) in [6.45, 7) is 1.65. The predicted octanol–water partition coefficient (Wildman–Crippen LogP) is 5.21. The van der Waals surface area contributed by atoms with Gasteiger partial charge in [-0.3, -0.25) is 4.72 Å². The number of rotatable bonds is 6. The summed E-state index contributed by atoms with van der Waals surface area (Å²) in [7, 11) is -4.22. The number of benzene rings is 2. The number of aromatic nitrogens is 3. The molecule has 0 saturated heterocycles. The highest BCUT2D eigenvalue weighted by molar-refractivity contribution is 7.93. The van der Waals surface area contributed by atoms with Crippen LogP contribution >= 0.6 is 22.9 Å². The van der Waals surface area contributed by atoms with Gasteiger partial charge in [-0.1, -0.05) is 29.8 Å². The Hall–Kier alpha value is -3.15. The molecule has 8 nitrogen and oxygen atoms in total. The lowest BCUT2D eigenvalue weighted by atomic mass is 10.1. The fourth-order valence-electron chi connectivity index (χ4n) is 3.51. The average molecular weight is 506 g/mol. The summed E-state index contributed by atoms with van der Waals surface area (Å²) >= 11 is 7.38. The summed E-state index contributed by atoms with van der Waals surface area (Å²) in [4.78, 5) is 3.25. The number of anilines is 2. The first-order valence-corrected chi connectivity index (χ1v) is 12.6. The number of nitrogens with zero attached hydrogens (tertiary/aromatic N) is 3. The van der Waals surface area contributed by atoms with Gasteiger partial charge in [-0.05, 0) is 18.6 Å². The van der Waals surface area contributed by atoms with Gasteiger partial charge in [0.05, 0.1) is 11.2 Å². The standard InChI is InChI=1S/C21H17ClFN5O3S2/c22-15-10-19(33(29,30)27-21-25-7-9-32-21)16(23)11-18(15)31-17-5-2-1-4-13(17)14-12-26-28-8-3-6-24-20(14)28/h1-2,4-5,7,9-12,24H,3,6,8H2,(H,25,27). The van der Waals surface area contributed by atoms with Crippen LogP contribution in [0.1, 0.15) is 6.42 Å². The van der Waals surface area contributed by atoms with Crippen molar-refractivity contribution >= 4 is 43.9 Å². The van der Waals surface area contributed by atoms with Crippen molar-refractivity contribution in [1.82, 2.24) is 14.8 Å². The molecule has 0 saturated carbocycles. The molecule has 1 aliphatic rings. The van der Waals surface area contributed by atoms with E-state index in [-0.39, 0.29) is 15.9 Å². The zero-order chi connectivity index (χ0) is 23.0. The van der Waals surface area contributed by atoms with Crippen molar-refractivity contribution in [3.8, 4) is 22.6 Å². The first kappa shape index (κ1) is 21.7. The topological polar surface area (TPSA) is 98.1 Å². The van der Waals surface area contributed by atoms with Crippen LogP contribution in [0.2, 0.25) is 5.02 Å². The van der Waals surface area contributed by atoms with Gasteiger partial charge in [0.25, 0.3) is 10.0 Å². The van der Waals surface area contributed by atoms with E-state index in [1.165, 1.54) is 6.20 Å². The summed E-state index contributed by atoms with van der Waals surface area (Å²) in [5, 5.41) is 9.43. The monoisotopic (exact) mass is 505 g/mol. The van der Waals surface area contributed by atoms with Gasteiger partial charge < -0.3 is 10.1 Å². The third-order valence-electron chi connectivity index (χ3n) is 5.01. The number of hydrogen-bond donors (Lipinski definition) is 2. The third-order valence-corrected chi connectivity index (χ3v) is 7.47. The lowest BCUT2D eigenvalue weighted by molar-refractivity contribution is 0.475. The number of ether oxygens (including phenoxy) is 1. The normalized spacial score (nSPS) is 13.3. The highest BCUT2D eigenvalue weighted by atomic mass is 35.5. The van der Waals surface area contributed by atoms with Crippen LogP contribution in [-0.4, -0.2) is 29.7 Å². The van der Waals surface area contributed by atoms with Crippen LogP contribution in [0.25, 0.3) is 11.1 Å². The number of hydrogen-bond acceptors (Lipinski definition) is 7. The zero-order valence-electron chi connectivity index (χ0n) is 17.0. The molecule has 0 fully saturated rings. The van der Waals surface area contributed by atoms with E-state index in [0.29, 0.717) is 5.75 Å². The lowest BCUT2D eigenvalue weighted by Gasteiger charge is -2.18. The second-order valence-corrected chi connectivity index (χ2v) is 10.1. The Morgan fingerprint density at radius 3 is 2.88 bits per heavy atom. The molecule has 3 heterocycles. The number of para-hydroxylation sites is 1. The van der Waals surface area contributed by atoms with E-state index in [0.717, 1.165) is 59.9 Å². The summed E-state index contributed by atoms with van der Waals surface area (Å²) in [5.41, 5.74) is 1.58. The lowest BCUT2D eigenvalue weighted by Crippen LogP contribution is -2.17. The minimum Gasteiger partial charge on any atom is -0.455 e. The summed E-state index contributed by atoms with van der Waals surface area (Å²) in [6.07, 6.45) is 4.17. The molecule has 2 aromatic heterocycles. The van der Waals surface area contributed by atoms with Crippen molar-refractivity contribution in [2.24, 2.45) is 0 Å². The number of halogens is 2. The molecule has 33 heavy (non-hydrogen) atoms. The SMILES string of the molecule is O=S(=O)(Nc1nccs1)c1cc(Cl)c(Oc2ccccc2-c2cnn3c2NCCC3)cc1F. The Kier molecular flexibility index (Phi) is 5.69. The Bertz CT molecular complexity index is 1420. The van der Waals surface area contributed by atoms with E-state index in [2.05, 4.69) is 20.1 Å². The second kappa shape index (κ2) is 8.65. The molecule has 0 aliphatic carbocycles. The van der Waals surface area contributed by atoms with E-state index in [4.69, 9.17) is 16.3 Å². The van der Waals surface area contributed by atoms with Gasteiger partial charge in [-0.15, -0.1) is 11.3 Å². The van der Waals surface area contributed by atoms with Crippen LogP contribution in [0.5, 0.6) is 11.5 Å². The van der Waals surface area contributed by atoms with Gasteiger partial charge in [-0.2, -0.15) is 5.10 Å². The third kappa shape index (κ3) is 4.26. The van der Waals surface area contributed by atoms with Gasteiger partial charge in [-0.25, -0.2) is 22.5 Å². The van der Waals surface area contributed by atoms with E-state index >= 15 is 0 Å². The smallest absolute Gasteiger partial charge is 0.266 e. The predicted molar refractivity (Wildman–Crippen MR) is 125 cm³/mol.